The Bertz CT molecular complexity index is 427. The van der Waals surface area contributed by atoms with E-state index in [-0.39, 0.29) is 5.75 Å². The average molecular weight is 322 g/mol. The van der Waals surface area contributed by atoms with Crippen LogP contribution in [-0.2, 0) is 0 Å². The molecule has 0 heterocycles. The van der Waals surface area contributed by atoms with Crippen molar-refractivity contribution in [1.82, 2.24) is 0 Å². The van der Waals surface area contributed by atoms with Crippen molar-refractivity contribution in [3.05, 3.63) is 29.3 Å². The highest BCUT2D eigenvalue weighted by atomic mass is 79.9. The Morgan fingerprint density at radius 1 is 1.28 bits per heavy atom. The molecule has 0 unspecified atom stereocenters. The summed E-state index contributed by atoms with van der Waals surface area (Å²) in [5.74, 6) is -3.31. The first kappa shape index (κ1) is 14.9. The van der Waals surface area contributed by atoms with Crippen LogP contribution in [0.4, 0.5) is 8.78 Å². The molecule has 18 heavy (non-hydrogen) atoms. The lowest BCUT2D eigenvalue weighted by Gasteiger charge is -2.09. The molecule has 0 aliphatic heterocycles. The van der Waals surface area contributed by atoms with Gasteiger partial charge in [-0.25, -0.2) is 8.78 Å². The average Bonchev–Trinajstić information content (AvgIpc) is 2.31. The lowest BCUT2D eigenvalue weighted by molar-refractivity contribution is 0.0991. The number of carbonyl (C=O) groups is 1. The van der Waals surface area contributed by atoms with Gasteiger partial charge in [0.05, 0.1) is 6.61 Å². The van der Waals surface area contributed by atoms with Gasteiger partial charge in [-0.15, -0.1) is 0 Å². The standard InChI is InChI=1S/C12H14BrF2NO2/c13-6-2-1-3-7-18-9-5-4-8(14)10(11(9)15)12(16)17/h4-5H,1-3,6-7H2,(H2,16,17). The number of ether oxygens (including phenoxy) is 1. The second-order valence-corrected chi connectivity index (χ2v) is 4.49. The molecule has 3 nitrogen and oxygen atoms in total. The predicted molar refractivity (Wildman–Crippen MR) is 68.0 cm³/mol. The van der Waals surface area contributed by atoms with E-state index in [0.717, 1.165) is 36.7 Å². The minimum Gasteiger partial charge on any atom is -0.490 e. The number of hydrogen-bond donors (Lipinski definition) is 1. The third-order valence-electron chi connectivity index (χ3n) is 2.34. The summed E-state index contributed by atoms with van der Waals surface area (Å²) in [4.78, 5) is 10.9. The number of benzene rings is 1. The maximum Gasteiger partial charge on any atom is 0.254 e. The summed E-state index contributed by atoms with van der Waals surface area (Å²) >= 11 is 3.30. The van der Waals surface area contributed by atoms with Crippen LogP contribution in [0.3, 0.4) is 0 Å². The fourth-order valence-corrected chi connectivity index (χ4v) is 1.82. The molecule has 1 rings (SSSR count). The monoisotopic (exact) mass is 321 g/mol. The Morgan fingerprint density at radius 2 is 2.00 bits per heavy atom. The summed E-state index contributed by atoms with van der Waals surface area (Å²) in [6.07, 6.45) is 2.70. The number of primary amides is 1. The molecule has 1 aromatic carbocycles. The summed E-state index contributed by atoms with van der Waals surface area (Å²) < 4.78 is 32.0. The molecule has 0 spiro atoms. The Labute approximate surface area is 112 Å². The van der Waals surface area contributed by atoms with E-state index in [1.807, 2.05) is 0 Å². The van der Waals surface area contributed by atoms with Crippen molar-refractivity contribution < 1.29 is 18.3 Å². The SMILES string of the molecule is NC(=O)c1c(F)ccc(OCCCCCBr)c1F. The predicted octanol–water partition coefficient (Wildman–Crippen LogP) is 3.01. The highest BCUT2D eigenvalue weighted by molar-refractivity contribution is 9.09. The molecule has 1 aromatic rings. The maximum absolute atomic E-state index is 13.7. The fraction of sp³-hybridized carbons (Fsp3) is 0.417. The van der Waals surface area contributed by atoms with Crippen LogP contribution in [-0.4, -0.2) is 17.8 Å². The van der Waals surface area contributed by atoms with Crippen LogP contribution in [0, 0.1) is 11.6 Å². The summed E-state index contributed by atoms with van der Waals surface area (Å²) in [5.41, 5.74) is 4.14. The number of alkyl halides is 1. The molecule has 100 valence electrons. The van der Waals surface area contributed by atoms with Crippen LogP contribution >= 0.6 is 15.9 Å². The molecule has 0 aliphatic rings. The Hall–Kier alpha value is -1.17. The van der Waals surface area contributed by atoms with Crippen LogP contribution in [0.1, 0.15) is 29.6 Å². The molecule has 0 saturated carbocycles. The van der Waals surface area contributed by atoms with Gasteiger partial charge in [0.25, 0.3) is 5.91 Å². The number of rotatable bonds is 7. The molecule has 0 aliphatic carbocycles. The largest absolute Gasteiger partial charge is 0.490 e. The first-order chi connectivity index (χ1) is 8.57. The van der Waals surface area contributed by atoms with E-state index >= 15 is 0 Å². The second kappa shape index (κ2) is 7.31. The van der Waals surface area contributed by atoms with Crippen molar-refractivity contribution in [1.29, 1.82) is 0 Å². The second-order valence-electron chi connectivity index (χ2n) is 3.70. The zero-order valence-electron chi connectivity index (χ0n) is 9.72. The number of hydrogen-bond acceptors (Lipinski definition) is 2. The van der Waals surface area contributed by atoms with Gasteiger partial charge in [0.2, 0.25) is 0 Å². The van der Waals surface area contributed by atoms with Gasteiger partial charge in [-0.3, -0.25) is 4.79 Å². The fourth-order valence-electron chi connectivity index (χ4n) is 1.43. The highest BCUT2D eigenvalue weighted by Crippen LogP contribution is 2.23. The molecule has 6 heteroatoms. The zero-order valence-corrected chi connectivity index (χ0v) is 11.3. The normalized spacial score (nSPS) is 10.4. The molecule has 0 bridgehead atoms. The quantitative estimate of drug-likeness (QED) is 0.620. The summed E-state index contributed by atoms with van der Waals surface area (Å²) in [6, 6.07) is 2.12. The Balaban J connectivity index is 2.67. The minimum absolute atomic E-state index is 0.149. The van der Waals surface area contributed by atoms with Gasteiger partial charge in [0.1, 0.15) is 11.4 Å². The smallest absolute Gasteiger partial charge is 0.254 e. The van der Waals surface area contributed by atoms with Crippen molar-refractivity contribution in [2.24, 2.45) is 5.73 Å². The number of amides is 1. The molecule has 0 atom stereocenters. The van der Waals surface area contributed by atoms with Gasteiger partial charge in [0.15, 0.2) is 11.6 Å². The topological polar surface area (TPSA) is 52.3 Å². The molecule has 2 N–H and O–H groups in total. The number of halogens is 3. The first-order valence-electron chi connectivity index (χ1n) is 5.54. The first-order valence-corrected chi connectivity index (χ1v) is 6.66. The molecular weight excluding hydrogens is 308 g/mol. The third kappa shape index (κ3) is 3.94. The summed E-state index contributed by atoms with van der Waals surface area (Å²) in [7, 11) is 0. The van der Waals surface area contributed by atoms with E-state index in [0.29, 0.717) is 6.61 Å². The minimum atomic E-state index is -1.14. The molecule has 1 amide bonds. The molecule has 0 radical (unpaired) electrons. The molecule has 0 fully saturated rings. The third-order valence-corrected chi connectivity index (χ3v) is 2.90. The van der Waals surface area contributed by atoms with Crippen LogP contribution < -0.4 is 10.5 Å². The maximum atomic E-state index is 13.7. The molecule has 0 saturated heterocycles. The number of unbranched alkanes of at least 4 members (excludes halogenated alkanes) is 2. The van der Waals surface area contributed by atoms with Crippen molar-refractivity contribution in [2.75, 3.05) is 11.9 Å². The van der Waals surface area contributed by atoms with Crippen LogP contribution in [0.15, 0.2) is 12.1 Å². The Morgan fingerprint density at radius 3 is 2.61 bits per heavy atom. The van der Waals surface area contributed by atoms with E-state index in [1.54, 1.807) is 0 Å². The zero-order chi connectivity index (χ0) is 13.5. The number of carbonyl (C=O) groups excluding carboxylic acids is 1. The molecular formula is C12H14BrF2NO2. The lowest BCUT2D eigenvalue weighted by Crippen LogP contribution is -2.16. The van der Waals surface area contributed by atoms with Crippen molar-refractivity contribution in [3.8, 4) is 5.75 Å². The van der Waals surface area contributed by atoms with Crippen molar-refractivity contribution in [2.45, 2.75) is 19.3 Å². The van der Waals surface area contributed by atoms with Gasteiger partial charge >= 0.3 is 0 Å². The van der Waals surface area contributed by atoms with Gasteiger partial charge in [-0.1, -0.05) is 15.9 Å². The van der Waals surface area contributed by atoms with E-state index in [2.05, 4.69) is 15.9 Å². The highest BCUT2D eigenvalue weighted by Gasteiger charge is 2.18. The summed E-state index contributed by atoms with van der Waals surface area (Å²) in [5, 5.41) is 0.906. The van der Waals surface area contributed by atoms with E-state index in [1.165, 1.54) is 0 Å². The van der Waals surface area contributed by atoms with Gasteiger partial charge in [-0.05, 0) is 31.4 Å². The van der Waals surface area contributed by atoms with E-state index < -0.39 is 23.1 Å². The number of nitrogens with two attached hydrogens (primary N) is 1. The van der Waals surface area contributed by atoms with Gasteiger partial charge < -0.3 is 10.5 Å². The lowest BCUT2D eigenvalue weighted by atomic mass is 10.1. The van der Waals surface area contributed by atoms with E-state index in [4.69, 9.17) is 10.5 Å². The van der Waals surface area contributed by atoms with Crippen LogP contribution in [0.2, 0.25) is 0 Å². The van der Waals surface area contributed by atoms with Gasteiger partial charge in [-0.2, -0.15) is 0 Å². The summed E-state index contributed by atoms with van der Waals surface area (Å²) in [6.45, 7) is 0.313. The van der Waals surface area contributed by atoms with Gasteiger partial charge in [0, 0.05) is 5.33 Å². The van der Waals surface area contributed by atoms with Crippen LogP contribution in [0.25, 0.3) is 0 Å². The van der Waals surface area contributed by atoms with Crippen molar-refractivity contribution >= 4 is 21.8 Å². The van der Waals surface area contributed by atoms with Crippen molar-refractivity contribution in [3.63, 3.8) is 0 Å². The van der Waals surface area contributed by atoms with Crippen LogP contribution in [0.5, 0.6) is 5.75 Å². The van der Waals surface area contributed by atoms with E-state index in [9.17, 15) is 13.6 Å². The molecule has 0 aromatic heterocycles. The Kier molecular flexibility index (Phi) is 6.04.